The minimum absolute atomic E-state index is 0.123. The molecule has 0 radical (unpaired) electrons. The lowest BCUT2D eigenvalue weighted by Crippen LogP contribution is -2.24. The summed E-state index contributed by atoms with van der Waals surface area (Å²) in [5.41, 5.74) is 0.123. The maximum atomic E-state index is 11.6. The van der Waals surface area contributed by atoms with E-state index in [1.807, 2.05) is 0 Å². The summed E-state index contributed by atoms with van der Waals surface area (Å²) < 4.78 is 6.02. The van der Waals surface area contributed by atoms with Crippen LogP contribution in [0.4, 0.5) is 0 Å². The maximum absolute atomic E-state index is 11.6. The summed E-state index contributed by atoms with van der Waals surface area (Å²) in [5, 5.41) is 18.4. The molecular formula is C11H18N4O4. The molecule has 0 saturated heterocycles. The van der Waals surface area contributed by atoms with Gasteiger partial charge in [0.15, 0.2) is 5.69 Å². The Labute approximate surface area is 110 Å². The fraction of sp³-hybridized carbons (Fsp3) is 0.636. The van der Waals surface area contributed by atoms with Gasteiger partial charge < -0.3 is 15.2 Å². The number of carboxylic acids is 1. The first-order valence-corrected chi connectivity index (χ1v) is 6.02. The molecule has 0 aromatic carbocycles. The molecule has 0 aliphatic heterocycles. The standard InChI is InChI=1S/C11H18N4O4/c1-19-6-4-2-3-5-12-11(18)9-7-15(14-13-9)8-10(16)17/h7H,2-6,8H2,1H3,(H,12,18)(H,16,17). The van der Waals surface area contributed by atoms with Crippen LogP contribution >= 0.6 is 0 Å². The van der Waals surface area contributed by atoms with Crippen molar-refractivity contribution in [1.82, 2.24) is 20.3 Å². The molecule has 19 heavy (non-hydrogen) atoms. The number of nitrogens with one attached hydrogen (secondary N) is 1. The van der Waals surface area contributed by atoms with E-state index in [9.17, 15) is 9.59 Å². The molecule has 0 saturated carbocycles. The van der Waals surface area contributed by atoms with Crippen LogP contribution in [0, 0.1) is 0 Å². The van der Waals surface area contributed by atoms with Crippen molar-refractivity contribution >= 4 is 11.9 Å². The van der Waals surface area contributed by atoms with E-state index in [1.54, 1.807) is 7.11 Å². The summed E-state index contributed by atoms with van der Waals surface area (Å²) in [7, 11) is 1.65. The van der Waals surface area contributed by atoms with Crippen LogP contribution in [-0.4, -0.2) is 52.2 Å². The van der Waals surface area contributed by atoms with Gasteiger partial charge in [-0.15, -0.1) is 5.10 Å². The van der Waals surface area contributed by atoms with Gasteiger partial charge in [-0.05, 0) is 19.3 Å². The highest BCUT2D eigenvalue weighted by molar-refractivity contribution is 5.91. The topological polar surface area (TPSA) is 106 Å². The van der Waals surface area contributed by atoms with Crippen LogP contribution < -0.4 is 5.32 Å². The highest BCUT2D eigenvalue weighted by atomic mass is 16.5. The molecule has 8 nitrogen and oxygen atoms in total. The fourth-order valence-corrected chi connectivity index (χ4v) is 1.46. The Hall–Kier alpha value is -1.96. The molecule has 8 heteroatoms. The summed E-state index contributed by atoms with van der Waals surface area (Å²) in [6.07, 6.45) is 4.10. The third-order valence-corrected chi connectivity index (χ3v) is 2.38. The lowest BCUT2D eigenvalue weighted by molar-refractivity contribution is -0.137. The van der Waals surface area contributed by atoms with E-state index in [-0.39, 0.29) is 18.1 Å². The molecule has 0 aliphatic rings. The van der Waals surface area contributed by atoms with Gasteiger partial charge in [-0.1, -0.05) is 5.21 Å². The molecule has 0 spiro atoms. The van der Waals surface area contributed by atoms with Crippen LogP contribution in [0.25, 0.3) is 0 Å². The van der Waals surface area contributed by atoms with Crippen LogP contribution in [0.1, 0.15) is 29.8 Å². The second-order valence-corrected chi connectivity index (χ2v) is 4.00. The average molecular weight is 270 g/mol. The number of unbranched alkanes of at least 4 members (excludes halogenated alkanes) is 2. The number of carboxylic acid groups (broad SMARTS) is 1. The molecule has 1 rings (SSSR count). The summed E-state index contributed by atoms with van der Waals surface area (Å²) in [4.78, 5) is 22.1. The van der Waals surface area contributed by atoms with Crippen molar-refractivity contribution in [2.45, 2.75) is 25.8 Å². The van der Waals surface area contributed by atoms with Crippen LogP contribution in [0.3, 0.4) is 0 Å². The number of rotatable bonds is 9. The largest absolute Gasteiger partial charge is 0.480 e. The molecule has 106 valence electrons. The smallest absolute Gasteiger partial charge is 0.325 e. The highest BCUT2D eigenvalue weighted by Gasteiger charge is 2.11. The first kappa shape index (κ1) is 15.1. The zero-order valence-corrected chi connectivity index (χ0v) is 10.8. The third-order valence-electron chi connectivity index (χ3n) is 2.38. The van der Waals surface area contributed by atoms with Crippen molar-refractivity contribution in [2.75, 3.05) is 20.3 Å². The molecule has 0 bridgehead atoms. The molecule has 0 atom stereocenters. The van der Waals surface area contributed by atoms with E-state index in [2.05, 4.69) is 15.6 Å². The van der Waals surface area contributed by atoms with Crippen LogP contribution in [0.2, 0.25) is 0 Å². The molecule has 1 aromatic heterocycles. The van der Waals surface area contributed by atoms with E-state index in [0.717, 1.165) is 30.6 Å². The Kier molecular flexibility index (Phi) is 6.51. The van der Waals surface area contributed by atoms with Gasteiger partial charge >= 0.3 is 5.97 Å². The molecule has 2 N–H and O–H groups in total. The van der Waals surface area contributed by atoms with Gasteiger partial charge in [-0.2, -0.15) is 0 Å². The summed E-state index contributed by atoms with van der Waals surface area (Å²) in [5.74, 6) is -1.38. The Bertz CT molecular complexity index is 419. The number of hydrogen-bond donors (Lipinski definition) is 2. The summed E-state index contributed by atoms with van der Waals surface area (Å²) >= 11 is 0. The van der Waals surface area contributed by atoms with Gasteiger partial charge in [0.2, 0.25) is 0 Å². The monoisotopic (exact) mass is 270 g/mol. The number of aliphatic carboxylic acids is 1. The Morgan fingerprint density at radius 2 is 2.21 bits per heavy atom. The van der Waals surface area contributed by atoms with Gasteiger partial charge in [0.1, 0.15) is 6.54 Å². The lowest BCUT2D eigenvalue weighted by atomic mass is 10.2. The van der Waals surface area contributed by atoms with Gasteiger partial charge in [-0.3, -0.25) is 9.59 Å². The molecule has 0 unspecified atom stereocenters. The van der Waals surface area contributed by atoms with Crippen LogP contribution in [0.15, 0.2) is 6.20 Å². The number of hydrogen-bond acceptors (Lipinski definition) is 5. The SMILES string of the molecule is COCCCCCNC(=O)c1cn(CC(=O)O)nn1. The average Bonchev–Trinajstić information content (AvgIpc) is 2.81. The predicted molar refractivity (Wildman–Crippen MR) is 65.7 cm³/mol. The molecule has 1 amide bonds. The van der Waals surface area contributed by atoms with E-state index in [4.69, 9.17) is 9.84 Å². The number of ether oxygens (including phenoxy) is 1. The number of amides is 1. The maximum Gasteiger partial charge on any atom is 0.325 e. The number of nitrogens with zero attached hydrogens (tertiary/aromatic N) is 3. The number of aromatic nitrogens is 3. The van der Waals surface area contributed by atoms with Crippen molar-refractivity contribution < 1.29 is 19.4 Å². The van der Waals surface area contributed by atoms with E-state index < -0.39 is 5.97 Å². The minimum atomic E-state index is -1.03. The van der Waals surface area contributed by atoms with Gasteiger partial charge in [0.05, 0.1) is 6.20 Å². The number of carbonyl (C=O) groups is 2. The van der Waals surface area contributed by atoms with Crippen molar-refractivity contribution in [3.05, 3.63) is 11.9 Å². The molecule has 0 fully saturated rings. The molecule has 0 aliphatic carbocycles. The predicted octanol–water partition coefficient (Wildman–Crippen LogP) is -0.0908. The van der Waals surface area contributed by atoms with E-state index in [1.165, 1.54) is 6.20 Å². The Morgan fingerprint density at radius 3 is 2.89 bits per heavy atom. The van der Waals surface area contributed by atoms with Crippen molar-refractivity contribution in [2.24, 2.45) is 0 Å². The third kappa shape index (κ3) is 5.96. The van der Waals surface area contributed by atoms with Crippen molar-refractivity contribution in [3.8, 4) is 0 Å². The van der Waals surface area contributed by atoms with Crippen molar-refractivity contribution in [1.29, 1.82) is 0 Å². The van der Waals surface area contributed by atoms with Crippen molar-refractivity contribution in [3.63, 3.8) is 0 Å². The van der Waals surface area contributed by atoms with Crippen LogP contribution in [-0.2, 0) is 16.1 Å². The second-order valence-electron chi connectivity index (χ2n) is 4.00. The normalized spacial score (nSPS) is 10.4. The first-order valence-electron chi connectivity index (χ1n) is 6.02. The Morgan fingerprint density at radius 1 is 1.42 bits per heavy atom. The molecule has 1 aromatic rings. The molecule has 1 heterocycles. The van der Waals surface area contributed by atoms with Gasteiger partial charge in [0.25, 0.3) is 5.91 Å². The highest BCUT2D eigenvalue weighted by Crippen LogP contribution is 1.96. The lowest BCUT2D eigenvalue weighted by Gasteiger charge is -2.02. The second kappa shape index (κ2) is 8.20. The fourth-order valence-electron chi connectivity index (χ4n) is 1.46. The minimum Gasteiger partial charge on any atom is -0.480 e. The zero-order valence-electron chi connectivity index (χ0n) is 10.8. The zero-order chi connectivity index (χ0) is 14.1. The van der Waals surface area contributed by atoms with E-state index >= 15 is 0 Å². The van der Waals surface area contributed by atoms with Gasteiger partial charge in [-0.25, -0.2) is 4.68 Å². The first-order chi connectivity index (χ1) is 9.13. The number of methoxy groups -OCH3 is 1. The molecular weight excluding hydrogens is 252 g/mol. The summed E-state index contributed by atoms with van der Waals surface area (Å²) in [6, 6.07) is 0. The van der Waals surface area contributed by atoms with Crippen LogP contribution in [0.5, 0.6) is 0 Å². The quantitative estimate of drug-likeness (QED) is 0.607. The van der Waals surface area contributed by atoms with E-state index in [0.29, 0.717) is 6.54 Å². The Balaban J connectivity index is 2.25. The number of carbonyl (C=O) groups excluding carboxylic acids is 1. The summed E-state index contributed by atoms with van der Waals surface area (Å²) in [6.45, 7) is 0.961. The van der Waals surface area contributed by atoms with Gasteiger partial charge in [0, 0.05) is 20.3 Å².